The highest BCUT2D eigenvalue weighted by molar-refractivity contribution is 5.19. The third-order valence-corrected chi connectivity index (χ3v) is 7.37. The fraction of sp³-hybridized carbons (Fsp3) is 0.793. The van der Waals surface area contributed by atoms with Gasteiger partial charge in [0.15, 0.2) is 6.29 Å². The Bertz CT molecular complexity index is 607. The van der Waals surface area contributed by atoms with E-state index in [2.05, 4.69) is 6.92 Å². The molecule has 1 heterocycles. The van der Waals surface area contributed by atoms with Crippen molar-refractivity contribution in [3.63, 3.8) is 0 Å². The molecule has 2 rings (SSSR count). The standard InChI is InChI=1S/C29H50O4/c1-3-4-5-6-7-8-9-10-11-12-13-14-16-19-24(2)27(31)28-29(32,23-26(30)33-28)22-25-20-17-15-18-21-25/h15,17-18,20-21,24,26-28,30-32H,3-14,16,19,22-23H2,1-2H3/t24?,26?,27?,28-,29+/m1/s1. The normalized spacial score (nSPS) is 24.8. The Morgan fingerprint density at radius 3 is 1.94 bits per heavy atom. The molecule has 0 radical (unpaired) electrons. The lowest BCUT2D eigenvalue weighted by molar-refractivity contribution is -0.155. The van der Waals surface area contributed by atoms with E-state index >= 15 is 0 Å². The highest BCUT2D eigenvalue weighted by Crippen LogP contribution is 2.37. The van der Waals surface area contributed by atoms with Crippen LogP contribution in [0.4, 0.5) is 0 Å². The zero-order chi connectivity index (χ0) is 23.9. The molecule has 4 heteroatoms. The minimum atomic E-state index is -1.25. The van der Waals surface area contributed by atoms with Gasteiger partial charge >= 0.3 is 0 Å². The molecule has 1 fully saturated rings. The first-order valence-electron chi connectivity index (χ1n) is 13.7. The molecule has 190 valence electrons. The monoisotopic (exact) mass is 462 g/mol. The molecule has 33 heavy (non-hydrogen) atoms. The Kier molecular flexibility index (Phi) is 13.6. The van der Waals surface area contributed by atoms with Crippen LogP contribution in [0.2, 0.25) is 0 Å². The van der Waals surface area contributed by atoms with Crippen molar-refractivity contribution in [2.45, 2.75) is 141 Å². The average Bonchev–Trinajstić information content (AvgIpc) is 3.10. The van der Waals surface area contributed by atoms with Crippen LogP contribution < -0.4 is 0 Å². The van der Waals surface area contributed by atoms with Gasteiger partial charge in [0.2, 0.25) is 0 Å². The first-order chi connectivity index (χ1) is 16.0. The molecule has 0 aliphatic carbocycles. The summed E-state index contributed by atoms with van der Waals surface area (Å²) in [6.45, 7) is 4.30. The molecule has 0 saturated carbocycles. The second-order valence-corrected chi connectivity index (χ2v) is 10.5. The van der Waals surface area contributed by atoms with Crippen molar-refractivity contribution in [1.82, 2.24) is 0 Å². The minimum absolute atomic E-state index is 0.0234. The first-order valence-corrected chi connectivity index (χ1v) is 13.7. The summed E-state index contributed by atoms with van der Waals surface area (Å²) in [4.78, 5) is 0. The second-order valence-electron chi connectivity index (χ2n) is 10.5. The summed E-state index contributed by atoms with van der Waals surface area (Å²) >= 11 is 0. The van der Waals surface area contributed by atoms with E-state index in [0.717, 1.165) is 18.4 Å². The van der Waals surface area contributed by atoms with Crippen molar-refractivity contribution < 1.29 is 20.1 Å². The summed E-state index contributed by atoms with van der Waals surface area (Å²) in [5, 5.41) is 32.2. The van der Waals surface area contributed by atoms with Crippen molar-refractivity contribution in [1.29, 1.82) is 0 Å². The molecule has 0 amide bonds. The summed E-state index contributed by atoms with van der Waals surface area (Å²) in [6, 6.07) is 9.74. The summed E-state index contributed by atoms with van der Waals surface area (Å²) in [5.41, 5.74) is -0.260. The topological polar surface area (TPSA) is 69.9 Å². The molecule has 4 nitrogen and oxygen atoms in total. The number of benzene rings is 1. The molecule has 1 saturated heterocycles. The molecule has 1 aliphatic heterocycles. The van der Waals surface area contributed by atoms with E-state index in [0.29, 0.717) is 6.42 Å². The van der Waals surface area contributed by atoms with Gasteiger partial charge < -0.3 is 20.1 Å². The molecular formula is C29H50O4. The molecule has 0 bridgehead atoms. The van der Waals surface area contributed by atoms with Gasteiger partial charge in [-0.2, -0.15) is 0 Å². The summed E-state index contributed by atoms with van der Waals surface area (Å²) in [7, 11) is 0. The number of rotatable bonds is 18. The predicted octanol–water partition coefficient (Wildman–Crippen LogP) is 6.55. The van der Waals surface area contributed by atoms with E-state index in [1.54, 1.807) is 0 Å². The van der Waals surface area contributed by atoms with Crippen LogP contribution in [-0.4, -0.2) is 39.4 Å². The molecule has 1 aromatic carbocycles. The SMILES string of the molecule is CCCCCCCCCCCCCCCC(C)C(O)[C@H]1OC(O)C[C@@]1(O)Cc1ccccc1. The van der Waals surface area contributed by atoms with E-state index < -0.39 is 24.1 Å². The molecule has 5 atom stereocenters. The lowest BCUT2D eigenvalue weighted by Crippen LogP contribution is -2.49. The van der Waals surface area contributed by atoms with Crippen LogP contribution in [0.5, 0.6) is 0 Å². The Balaban J connectivity index is 1.59. The van der Waals surface area contributed by atoms with E-state index in [1.165, 1.54) is 77.0 Å². The van der Waals surface area contributed by atoms with Crippen LogP contribution in [0.15, 0.2) is 30.3 Å². The van der Waals surface area contributed by atoms with Crippen molar-refractivity contribution in [3.05, 3.63) is 35.9 Å². The third kappa shape index (κ3) is 10.5. The molecule has 0 aromatic heterocycles. The molecule has 3 unspecified atom stereocenters. The Labute approximate surface area is 202 Å². The van der Waals surface area contributed by atoms with Gasteiger partial charge in [0.25, 0.3) is 0 Å². The van der Waals surface area contributed by atoms with Crippen LogP contribution in [-0.2, 0) is 11.2 Å². The smallest absolute Gasteiger partial charge is 0.158 e. The Morgan fingerprint density at radius 2 is 1.39 bits per heavy atom. The van der Waals surface area contributed by atoms with Gasteiger partial charge in [0, 0.05) is 12.8 Å². The fourth-order valence-electron chi connectivity index (χ4n) is 5.24. The van der Waals surface area contributed by atoms with Crippen molar-refractivity contribution in [2.24, 2.45) is 5.92 Å². The van der Waals surface area contributed by atoms with Gasteiger partial charge in [-0.25, -0.2) is 0 Å². The van der Waals surface area contributed by atoms with Gasteiger partial charge in [0.05, 0.1) is 6.10 Å². The molecule has 1 aliphatic rings. The van der Waals surface area contributed by atoms with Crippen molar-refractivity contribution in [3.8, 4) is 0 Å². The third-order valence-electron chi connectivity index (χ3n) is 7.37. The summed E-state index contributed by atoms with van der Waals surface area (Å²) < 4.78 is 5.61. The van der Waals surface area contributed by atoms with Gasteiger partial charge in [-0.3, -0.25) is 0 Å². The molecule has 3 N–H and O–H groups in total. The van der Waals surface area contributed by atoms with Crippen molar-refractivity contribution in [2.75, 3.05) is 0 Å². The quantitative estimate of drug-likeness (QED) is 0.216. The Morgan fingerprint density at radius 1 is 0.879 bits per heavy atom. The number of unbranched alkanes of at least 4 members (excludes halogenated alkanes) is 12. The molecular weight excluding hydrogens is 412 g/mol. The van der Waals surface area contributed by atoms with E-state index in [1.807, 2.05) is 37.3 Å². The Hall–Kier alpha value is -0.940. The number of hydrogen-bond acceptors (Lipinski definition) is 4. The van der Waals surface area contributed by atoms with E-state index in [9.17, 15) is 15.3 Å². The maximum atomic E-state index is 11.2. The van der Waals surface area contributed by atoms with Crippen LogP contribution >= 0.6 is 0 Å². The number of aliphatic hydroxyl groups excluding tert-OH is 2. The minimum Gasteiger partial charge on any atom is -0.390 e. The largest absolute Gasteiger partial charge is 0.390 e. The highest BCUT2D eigenvalue weighted by Gasteiger charge is 2.51. The van der Waals surface area contributed by atoms with Crippen LogP contribution in [0.1, 0.15) is 116 Å². The summed E-state index contributed by atoms with van der Waals surface area (Å²) in [6.07, 6.45) is 16.1. The van der Waals surface area contributed by atoms with Crippen molar-refractivity contribution >= 4 is 0 Å². The van der Waals surface area contributed by atoms with Crippen LogP contribution in [0, 0.1) is 5.92 Å². The molecule has 1 aromatic rings. The van der Waals surface area contributed by atoms with E-state index in [4.69, 9.17) is 4.74 Å². The maximum Gasteiger partial charge on any atom is 0.158 e. The van der Waals surface area contributed by atoms with Crippen LogP contribution in [0.3, 0.4) is 0 Å². The van der Waals surface area contributed by atoms with Gasteiger partial charge in [0.1, 0.15) is 11.7 Å². The predicted molar refractivity (Wildman–Crippen MR) is 136 cm³/mol. The zero-order valence-corrected chi connectivity index (χ0v) is 21.3. The average molecular weight is 463 g/mol. The summed E-state index contributed by atoms with van der Waals surface area (Å²) in [5.74, 6) is 0.0234. The second kappa shape index (κ2) is 15.9. The number of hydrogen-bond donors (Lipinski definition) is 3. The van der Waals surface area contributed by atoms with Gasteiger partial charge in [-0.05, 0) is 17.9 Å². The number of aliphatic hydroxyl groups is 3. The zero-order valence-electron chi connectivity index (χ0n) is 21.3. The lowest BCUT2D eigenvalue weighted by atomic mass is 9.81. The van der Waals surface area contributed by atoms with Gasteiger partial charge in [-0.1, -0.05) is 128 Å². The number of ether oxygens (including phenoxy) is 1. The lowest BCUT2D eigenvalue weighted by Gasteiger charge is -2.34. The van der Waals surface area contributed by atoms with Crippen LogP contribution in [0.25, 0.3) is 0 Å². The first kappa shape index (κ1) is 28.3. The van der Waals surface area contributed by atoms with E-state index in [-0.39, 0.29) is 12.3 Å². The molecule has 0 spiro atoms. The van der Waals surface area contributed by atoms with Gasteiger partial charge in [-0.15, -0.1) is 0 Å². The highest BCUT2D eigenvalue weighted by atomic mass is 16.6. The fourth-order valence-corrected chi connectivity index (χ4v) is 5.24. The maximum absolute atomic E-state index is 11.2.